The van der Waals surface area contributed by atoms with Crippen LogP contribution in [0.3, 0.4) is 0 Å². The molecule has 0 fully saturated rings. The van der Waals surface area contributed by atoms with Crippen LogP contribution in [0, 0.1) is 18.7 Å². The number of nitrogens with zero attached hydrogens (tertiary/aromatic N) is 1. The van der Waals surface area contributed by atoms with Crippen LogP contribution in [0.5, 0.6) is 11.6 Å². The number of nitrogens with one attached hydrogen (secondary N) is 2. The van der Waals surface area contributed by atoms with Crippen molar-refractivity contribution in [3.05, 3.63) is 83.8 Å². The van der Waals surface area contributed by atoms with E-state index in [1.807, 2.05) is 20.8 Å². The first kappa shape index (κ1) is 25.3. The van der Waals surface area contributed by atoms with Gasteiger partial charge < -0.3 is 10.1 Å². The smallest absolute Gasteiger partial charge is 0.241 e. The second-order valence-corrected chi connectivity index (χ2v) is 10.1. The minimum Gasteiger partial charge on any atom is -0.439 e. The Morgan fingerprint density at radius 1 is 1.06 bits per heavy atom. The van der Waals surface area contributed by atoms with Crippen molar-refractivity contribution < 1.29 is 22.3 Å². The Morgan fingerprint density at radius 2 is 1.74 bits per heavy atom. The quantitative estimate of drug-likeness (QED) is 0.446. The van der Waals surface area contributed by atoms with Gasteiger partial charge in [-0.3, -0.25) is 4.79 Å². The van der Waals surface area contributed by atoms with E-state index < -0.39 is 22.0 Å². The molecule has 0 aliphatic rings. The zero-order valence-electron chi connectivity index (χ0n) is 19.3. The molecule has 2 N–H and O–H groups in total. The first-order valence-corrected chi connectivity index (χ1v) is 12.4. The van der Waals surface area contributed by atoms with Crippen LogP contribution >= 0.6 is 0 Å². The maximum absolute atomic E-state index is 13.1. The van der Waals surface area contributed by atoms with Crippen molar-refractivity contribution >= 4 is 15.9 Å². The first-order valence-electron chi connectivity index (χ1n) is 10.9. The Hall–Kier alpha value is -3.30. The van der Waals surface area contributed by atoms with E-state index in [1.165, 1.54) is 42.6 Å². The van der Waals surface area contributed by atoms with Crippen LogP contribution in [0.1, 0.15) is 31.4 Å². The molecule has 7 nitrogen and oxygen atoms in total. The second-order valence-electron chi connectivity index (χ2n) is 8.39. The molecule has 0 aliphatic heterocycles. The molecule has 3 rings (SSSR count). The lowest BCUT2D eigenvalue weighted by molar-refractivity contribution is -0.123. The number of carbonyl (C=O) groups is 1. The van der Waals surface area contributed by atoms with E-state index in [2.05, 4.69) is 15.0 Å². The Labute approximate surface area is 199 Å². The van der Waals surface area contributed by atoms with E-state index in [4.69, 9.17) is 4.74 Å². The SMILES string of the molecule is Cc1ccc(S(=O)(=O)NC(CC(C)C)C(=O)NCc2ccnc(Oc3ccc(F)cc3)c2)cc1. The van der Waals surface area contributed by atoms with Crippen LogP contribution in [-0.2, 0) is 21.4 Å². The van der Waals surface area contributed by atoms with Gasteiger partial charge in [-0.15, -0.1) is 0 Å². The summed E-state index contributed by atoms with van der Waals surface area (Å²) in [5.41, 5.74) is 1.65. The fraction of sp³-hybridized carbons (Fsp3) is 0.280. The molecule has 3 aromatic rings. The fourth-order valence-corrected chi connectivity index (χ4v) is 4.41. The first-order chi connectivity index (χ1) is 16.1. The lowest BCUT2D eigenvalue weighted by Gasteiger charge is -2.20. The van der Waals surface area contributed by atoms with Crippen molar-refractivity contribution in [2.45, 2.75) is 44.7 Å². The van der Waals surface area contributed by atoms with Gasteiger partial charge in [0.15, 0.2) is 0 Å². The highest BCUT2D eigenvalue weighted by Crippen LogP contribution is 2.20. The summed E-state index contributed by atoms with van der Waals surface area (Å²) in [6.45, 7) is 5.86. The highest BCUT2D eigenvalue weighted by Gasteiger charge is 2.26. The van der Waals surface area contributed by atoms with E-state index in [0.717, 1.165) is 5.56 Å². The Balaban J connectivity index is 1.66. The van der Waals surface area contributed by atoms with Crippen LogP contribution in [0.2, 0.25) is 0 Å². The average Bonchev–Trinajstić information content (AvgIpc) is 2.79. The van der Waals surface area contributed by atoms with Crippen LogP contribution in [0.25, 0.3) is 0 Å². The molecule has 1 aromatic heterocycles. The van der Waals surface area contributed by atoms with E-state index >= 15 is 0 Å². The van der Waals surface area contributed by atoms with Gasteiger partial charge in [0.1, 0.15) is 17.6 Å². The molecular weight excluding hydrogens is 457 g/mol. The molecule has 0 spiro atoms. The molecule has 1 amide bonds. The molecule has 0 bridgehead atoms. The molecule has 0 saturated carbocycles. The molecule has 1 heterocycles. The van der Waals surface area contributed by atoms with Crippen molar-refractivity contribution in [3.63, 3.8) is 0 Å². The van der Waals surface area contributed by atoms with E-state index in [1.54, 1.807) is 24.3 Å². The number of pyridine rings is 1. The zero-order valence-corrected chi connectivity index (χ0v) is 20.1. The largest absolute Gasteiger partial charge is 0.439 e. The fourth-order valence-electron chi connectivity index (χ4n) is 3.20. The Kier molecular flexibility index (Phi) is 8.36. The minimum absolute atomic E-state index is 0.0908. The molecule has 0 aliphatic carbocycles. The predicted octanol–water partition coefficient (Wildman–Crippen LogP) is 4.33. The third-order valence-electron chi connectivity index (χ3n) is 4.95. The van der Waals surface area contributed by atoms with Gasteiger partial charge in [0.05, 0.1) is 4.90 Å². The summed E-state index contributed by atoms with van der Waals surface area (Å²) in [7, 11) is -3.86. The number of amides is 1. The highest BCUT2D eigenvalue weighted by atomic mass is 32.2. The number of sulfonamides is 1. The third kappa shape index (κ3) is 7.36. The van der Waals surface area contributed by atoms with Crippen LogP contribution < -0.4 is 14.8 Å². The number of hydrogen-bond donors (Lipinski definition) is 2. The second kappa shape index (κ2) is 11.2. The Morgan fingerprint density at radius 3 is 2.38 bits per heavy atom. The summed E-state index contributed by atoms with van der Waals surface area (Å²) in [5.74, 6) is 0.00999. The van der Waals surface area contributed by atoms with Gasteiger partial charge in [-0.25, -0.2) is 17.8 Å². The molecule has 9 heteroatoms. The lowest BCUT2D eigenvalue weighted by Crippen LogP contribution is -2.47. The number of carbonyl (C=O) groups excluding carboxylic acids is 1. The monoisotopic (exact) mass is 485 g/mol. The highest BCUT2D eigenvalue weighted by molar-refractivity contribution is 7.89. The van der Waals surface area contributed by atoms with Crippen molar-refractivity contribution in [1.29, 1.82) is 0 Å². The van der Waals surface area contributed by atoms with Gasteiger partial charge in [-0.05, 0) is 67.3 Å². The lowest BCUT2D eigenvalue weighted by atomic mass is 10.0. The summed E-state index contributed by atoms with van der Waals surface area (Å²) < 4.78 is 46.9. The average molecular weight is 486 g/mol. The van der Waals surface area contributed by atoms with E-state index in [9.17, 15) is 17.6 Å². The predicted molar refractivity (Wildman–Crippen MR) is 127 cm³/mol. The summed E-state index contributed by atoms with van der Waals surface area (Å²) in [6.07, 6.45) is 1.87. The zero-order chi connectivity index (χ0) is 24.7. The summed E-state index contributed by atoms with van der Waals surface area (Å²) in [6, 6.07) is 14.4. The molecule has 1 unspecified atom stereocenters. The van der Waals surface area contributed by atoms with Gasteiger partial charge in [0.2, 0.25) is 21.8 Å². The molecule has 0 saturated heterocycles. The van der Waals surface area contributed by atoms with Crippen molar-refractivity contribution in [1.82, 2.24) is 15.0 Å². The molecule has 0 radical (unpaired) electrons. The van der Waals surface area contributed by atoms with Gasteiger partial charge in [-0.2, -0.15) is 4.72 Å². The summed E-state index contributed by atoms with van der Waals surface area (Å²) in [5, 5.41) is 2.79. The van der Waals surface area contributed by atoms with Crippen molar-refractivity contribution in [3.8, 4) is 11.6 Å². The number of ether oxygens (including phenoxy) is 1. The van der Waals surface area contributed by atoms with Gasteiger partial charge >= 0.3 is 0 Å². The van der Waals surface area contributed by atoms with Crippen LogP contribution in [-0.4, -0.2) is 25.4 Å². The molecule has 34 heavy (non-hydrogen) atoms. The number of aromatic nitrogens is 1. The Bertz CT molecular complexity index is 1210. The van der Waals surface area contributed by atoms with Crippen molar-refractivity contribution in [2.24, 2.45) is 5.92 Å². The standard InChI is InChI=1S/C25H28FN3O4S/c1-17(2)14-23(29-34(31,32)22-10-4-18(3)5-11-22)25(30)28-16-19-12-13-27-24(15-19)33-21-8-6-20(26)7-9-21/h4-13,15,17,23,29H,14,16H2,1-3H3,(H,28,30). The number of rotatable bonds is 10. The molecule has 1 atom stereocenters. The number of hydrogen-bond acceptors (Lipinski definition) is 5. The summed E-state index contributed by atoms with van der Waals surface area (Å²) in [4.78, 5) is 17.1. The molecule has 180 valence electrons. The normalized spacial score (nSPS) is 12.4. The number of halogens is 1. The van der Waals surface area contributed by atoms with E-state index in [-0.39, 0.29) is 29.1 Å². The number of benzene rings is 2. The molecule has 2 aromatic carbocycles. The van der Waals surface area contributed by atoms with Crippen molar-refractivity contribution in [2.75, 3.05) is 0 Å². The van der Waals surface area contributed by atoms with Gasteiger partial charge in [0, 0.05) is 18.8 Å². The van der Waals surface area contributed by atoms with Gasteiger partial charge in [-0.1, -0.05) is 31.5 Å². The summed E-state index contributed by atoms with van der Waals surface area (Å²) >= 11 is 0. The van der Waals surface area contributed by atoms with E-state index in [0.29, 0.717) is 17.7 Å². The van der Waals surface area contributed by atoms with Crippen LogP contribution in [0.15, 0.2) is 71.8 Å². The minimum atomic E-state index is -3.86. The topological polar surface area (TPSA) is 97.4 Å². The number of aryl methyl sites for hydroxylation is 1. The van der Waals surface area contributed by atoms with Crippen LogP contribution in [0.4, 0.5) is 4.39 Å². The van der Waals surface area contributed by atoms with Gasteiger partial charge in [0.25, 0.3) is 0 Å². The molecular formula is C25H28FN3O4S. The maximum Gasteiger partial charge on any atom is 0.241 e. The maximum atomic E-state index is 13.1. The third-order valence-corrected chi connectivity index (χ3v) is 6.44.